The molecule has 10 heavy (non-hydrogen) atoms. The maximum Gasteiger partial charge on any atom is 0.167 e. The summed E-state index contributed by atoms with van der Waals surface area (Å²) in [4.78, 5) is -0.361. The van der Waals surface area contributed by atoms with Gasteiger partial charge >= 0.3 is 0 Å². The number of thiol groups is 1. The molecule has 0 bridgehead atoms. The minimum Gasteiger partial charge on any atom is -0.504 e. The predicted octanol–water partition coefficient (Wildman–Crippen LogP) is 1.96. The van der Waals surface area contributed by atoms with Gasteiger partial charge in [-0.25, -0.2) is 8.78 Å². The fraction of sp³-hybridized carbons (Fsp3) is 0. The fourth-order valence-corrected chi connectivity index (χ4v) is 0.712. The van der Waals surface area contributed by atoms with Gasteiger partial charge in [-0.15, -0.1) is 12.6 Å². The van der Waals surface area contributed by atoms with Crippen molar-refractivity contribution in [2.45, 2.75) is 4.90 Å². The van der Waals surface area contributed by atoms with Crippen LogP contribution in [0.25, 0.3) is 0 Å². The Bertz CT molecular complexity index is 235. The Balaban J connectivity index is 3.34. The van der Waals surface area contributed by atoms with Crippen molar-refractivity contribution in [3.8, 4) is 5.75 Å². The van der Waals surface area contributed by atoms with Gasteiger partial charge in [0.15, 0.2) is 11.6 Å². The van der Waals surface area contributed by atoms with E-state index in [9.17, 15) is 8.78 Å². The molecular weight excluding hydrogens is 158 g/mol. The van der Waals surface area contributed by atoms with Crippen LogP contribution in [-0.2, 0) is 0 Å². The summed E-state index contributed by atoms with van der Waals surface area (Å²) in [5.74, 6) is -2.35. The topological polar surface area (TPSA) is 20.2 Å². The van der Waals surface area contributed by atoms with Crippen LogP contribution in [-0.4, -0.2) is 5.11 Å². The van der Waals surface area contributed by atoms with E-state index >= 15 is 0 Å². The number of aromatic hydroxyl groups is 1. The predicted molar refractivity (Wildman–Crippen MR) is 35.3 cm³/mol. The molecule has 1 aromatic carbocycles. The van der Waals surface area contributed by atoms with Crippen molar-refractivity contribution < 1.29 is 13.9 Å². The van der Waals surface area contributed by atoms with Crippen molar-refractivity contribution in [3.63, 3.8) is 0 Å². The van der Waals surface area contributed by atoms with Crippen LogP contribution in [0.4, 0.5) is 8.78 Å². The highest BCUT2D eigenvalue weighted by Gasteiger charge is 2.07. The first-order valence-corrected chi connectivity index (χ1v) is 2.93. The molecule has 0 saturated carbocycles. The summed E-state index contributed by atoms with van der Waals surface area (Å²) in [5.41, 5.74) is 0. The quantitative estimate of drug-likeness (QED) is 0.559. The lowest BCUT2D eigenvalue weighted by Crippen LogP contribution is -1.82. The molecule has 1 rings (SSSR count). The van der Waals surface area contributed by atoms with Gasteiger partial charge in [-0.2, -0.15) is 0 Å². The molecule has 4 heteroatoms. The van der Waals surface area contributed by atoms with Crippen molar-refractivity contribution in [3.05, 3.63) is 23.8 Å². The van der Waals surface area contributed by atoms with Crippen LogP contribution in [0.3, 0.4) is 0 Å². The van der Waals surface area contributed by atoms with E-state index < -0.39 is 17.4 Å². The minimum absolute atomic E-state index is 0.361. The Morgan fingerprint density at radius 1 is 1.20 bits per heavy atom. The maximum absolute atomic E-state index is 12.4. The molecule has 1 aromatic rings. The van der Waals surface area contributed by atoms with Crippen LogP contribution in [0.5, 0.6) is 5.75 Å². The van der Waals surface area contributed by atoms with E-state index in [2.05, 4.69) is 12.6 Å². The van der Waals surface area contributed by atoms with Crippen LogP contribution in [0.15, 0.2) is 17.0 Å². The van der Waals surface area contributed by atoms with Gasteiger partial charge in [0.05, 0.1) is 4.90 Å². The molecule has 54 valence electrons. The zero-order valence-corrected chi connectivity index (χ0v) is 5.70. The molecule has 0 fully saturated rings. The van der Waals surface area contributed by atoms with E-state index in [4.69, 9.17) is 5.11 Å². The van der Waals surface area contributed by atoms with Crippen molar-refractivity contribution in [1.29, 1.82) is 0 Å². The van der Waals surface area contributed by atoms with E-state index in [1.54, 1.807) is 0 Å². The number of hydrogen-bond donors (Lipinski definition) is 2. The molecular formula is C6H4F2OS. The molecule has 0 aliphatic rings. The van der Waals surface area contributed by atoms with Crippen LogP contribution in [0.1, 0.15) is 0 Å². The number of rotatable bonds is 0. The van der Waals surface area contributed by atoms with Crippen LogP contribution < -0.4 is 0 Å². The Morgan fingerprint density at radius 2 is 1.70 bits per heavy atom. The van der Waals surface area contributed by atoms with E-state index in [-0.39, 0.29) is 4.90 Å². The lowest BCUT2D eigenvalue weighted by Gasteiger charge is -1.98. The molecule has 1 nitrogen and oxygen atoms in total. The van der Waals surface area contributed by atoms with Crippen molar-refractivity contribution in [2.24, 2.45) is 0 Å². The van der Waals surface area contributed by atoms with Gasteiger partial charge in [-0.3, -0.25) is 0 Å². The summed E-state index contributed by atoms with van der Waals surface area (Å²) in [6.45, 7) is 0. The molecule has 0 heterocycles. The monoisotopic (exact) mass is 162 g/mol. The van der Waals surface area contributed by atoms with Gasteiger partial charge in [0.25, 0.3) is 0 Å². The molecule has 0 atom stereocenters. The second-order valence-electron chi connectivity index (χ2n) is 1.73. The third-order valence-corrected chi connectivity index (χ3v) is 1.48. The first kappa shape index (κ1) is 7.34. The Hall–Kier alpha value is -0.770. The van der Waals surface area contributed by atoms with Crippen LogP contribution in [0.2, 0.25) is 0 Å². The standard InChI is InChI=1S/C6H4F2OS/c7-3-1-2-4(8)6(10)5(3)9/h1-2,9-10H. The largest absolute Gasteiger partial charge is 0.504 e. The lowest BCUT2D eigenvalue weighted by atomic mass is 10.3. The summed E-state index contributed by atoms with van der Waals surface area (Å²) >= 11 is 3.52. The molecule has 0 amide bonds. The third-order valence-electron chi connectivity index (χ3n) is 1.05. The number of benzene rings is 1. The van der Waals surface area contributed by atoms with Crippen LogP contribution >= 0.6 is 12.6 Å². The van der Waals surface area contributed by atoms with E-state index in [0.717, 1.165) is 12.1 Å². The zero-order chi connectivity index (χ0) is 7.72. The number of halogens is 2. The molecule has 0 unspecified atom stereocenters. The highest BCUT2D eigenvalue weighted by Crippen LogP contribution is 2.26. The van der Waals surface area contributed by atoms with Gasteiger partial charge in [-0.05, 0) is 12.1 Å². The first-order chi connectivity index (χ1) is 4.63. The molecule has 0 radical (unpaired) electrons. The zero-order valence-electron chi connectivity index (χ0n) is 4.81. The minimum atomic E-state index is -0.869. The van der Waals surface area contributed by atoms with Gasteiger partial charge in [-0.1, -0.05) is 0 Å². The van der Waals surface area contributed by atoms with E-state index in [0.29, 0.717) is 0 Å². The van der Waals surface area contributed by atoms with Gasteiger partial charge in [0.2, 0.25) is 0 Å². The van der Waals surface area contributed by atoms with Crippen molar-refractivity contribution >= 4 is 12.6 Å². The molecule has 0 aliphatic carbocycles. The first-order valence-electron chi connectivity index (χ1n) is 2.49. The summed E-state index contributed by atoms with van der Waals surface area (Å²) in [5, 5.41) is 8.70. The highest BCUT2D eigenvalue weighted by atomic mass is 32.1. The summed E-state index contributed by atoms with van der Waals surface area (Å²) < 4.78 is 24.7. The van der Waals surface area contributed by atoms with Gasteiger partial charge in [0, 0.05) is 0 Å². The Labute approximate surface area is 61.7 Å². The third kappa shape index (κ3) is 1.07. The Morgan fingerprint density at radius 3 is 2.20 bits per heavy atom. The van der Waals surface area contributed by atoms with E-state index in [1.165, 1.54) is 0 Å². The highest BCUT2D eigenvalue weighted by molar-refractivity contribution is 7.80. The summed E-state index contributed by atoms with van der Waals surface area (Å²) in [6, 6.07) is 1.74. The van der Waals surface area contributed by atoms with Crippen LogP contribution in [0, 0.1) is 11.6 Å². The van der Waals surface area contributed by atoms with Gasteiger partial charge < -0.3 is 5.11 Å². The maximum atomic E-state index is 12.4. The summed E-state index contributed by atoms with van der Waals surface area (Å²) in [6.07, 6.45) is 0. The molecule has 1 N–H and O–H groups in total. The number of phenolic OH excluding ortho intramolecular Hbond substituents is 1. The molecule has 0 aromatic heterocycles. The second-order valence-corrected chi connectivity index (χ2v) is 2.17. The van der Waals surface area contributed by atoms with Crippen molar-refractivity contribution in [2.75, 3.05) is 0 Å². The fourth-order valence-electron chi connectivity index (χ4n) is 0.530. The molecule has 0 saturated heterocycles. The van der Waals surface area contributed by atoms with E-state index in [1.807, 2.05) is 0 Å². The number of phenols is 1. The average Bonchev–Trinajstić information content (AvgIpc) is 1.93. The average molecular weight is 162 g/mol. The normalized spacial score (nSPS) is 9.90. The smallest absolute Gasteiger partial charge is 0.167 e. The van der Waals surface area contributed by atoms with Crippen molar-refractivity contribution in [1.82, 2.24) is 0 Å². The second kappa shape index (κ2) is 2.46. The number of hydrogen-bond acceptors (Lipinski definition) is 2. The van der Waals surface area contributed by atoms with Gasteiger partial charge in [0.1, 0.15) is 5.82 Å². The molecule has 0 spiro atoms. The summed E-state index contributed by atoms with van der Waals surface area (Å²) in [7, 11) is 0. The lowest BCUT2D eigenvalue weighted by molar-refractivity contribution is 0.409. The Kier molecular flexibility index (Phi) is 1.80. The molecule has 0 aliphatic heterocycles. The SMILES string of the molecule is Oc1c(F)ccc(F)c1S.